The highest BCUT2D eigenvalue weighted by Gasteiger charge is 2.23. The van der Waals surface area contributed by atoms with Crippen molar-refractivity contribution in [3.05, 3.63) is 38.3 Å². The lowest BCUT2D eigenvalue weighted by Crippen LogP contribution is -2.39. The first-order chi connectivity index (χ1) is 9.49. The van der Waals surface area contributed by atoms with Crippen LogP contribution in [0.5, 0.6) is 0 Å². The third-order valence-corrected chi connectivity index (χ3v) is 4.94. The van der Waals surface area contributed by atoms with Gasteiger partial charge in [0, 0.05) is 18.7 Å². The summed E-state index contributed by atoms with van der Waals surface area (Å²) >= 11 is 3.36. The van der Waals surface area contributed by atoms with Gasteiger partial charge in [-0.1, -0.05) is 12.1 Å². The molecule has 5 nitrogen and oxygen atoms in total. The van der Waals surface area contributed by atoms with Crippen molar-refractivity contribution >= 4 is 21.6 Å². The van der Waals surface area contributed by atoms with Gasteiger partial charge in [0.15, 0.2) is 0 Å². The lowest BCUT2D eigenvalue weighted by molar-refractivity contribution is -0.385. The van der Waals surface area contributed by atoms with Crippen LogP contribution in [0.15, 0.2) is 22.7 Å². The van der Waals surface area contributed by atoms with E-state index in [-0.39, 0.29) is 16.7 Å². The number of piperidine rings is 1. The molecule has 0 aromatic heterocycles. The van der Waals surface area contributed by atoms with Gasteiger partial charge in [0.05, 0.1) is 9.40 Å². The fraction of sp³-hybridized carbons (Fsp3) is 0.571. The summed E-state index contributed by atoms with van der Waals surface area (Å²) in [6, 6.07) is 5.46. The van der Waals surface area contributed by atoms with Gasteiger partial charge in [-0.25, -0.2) is 0 Å². The van der Waals surface area contributed by atoms with Gasteiger partial charge in [0.1, 0.15) is 0 Å². The quantitative estimate of drug-likeness (QED) is 0.675. The minimum atomic E-state index is -0.351. The molecule has 0 aliphatic carbocycles. The van der Waals surface area contributed by atoms with E-state index in [1.54, 1.807) is 6.07 Å². The summed E-state index contributed by atoms with van der Waals surface area (Å²) in [6.07, 6.45) is 2.20. The highest BCUT2D eigenvalue weighted by atomic mass is 79.9. The Hall–Kier alpha value is -0.980. The molecule has 1 saturated heterocycles. The molecule has 1 aromatic rings. The van der Waals surface area contributed by atoms with Gasteiger partial charge in [-0.2, -0.15) is 0 Å². The van der Waals surface area contributed by atoms with Gasteiger partial charge in [-0.15, -0.1) is 0 Å². The highest BCUT2D eigenvalue weighted by Crippen LogP contribution is 2.30. The number of hydrogen-bond acceptors (Lipinski definition) is 4. The standard InChI is InChI=1S/C14H20BrN3O2/c1-10(16)11-5-7-17(8-6-11)9-12-3-2-4-13(14(12)15)18(19)20/h2-4,10-11H,5-9,16H2,1H3. The average molecular weight is 342 g/mol. The van der Waals surface area contributed by atoms with E-state index >= 15 is 0 Å². The van der Waals surface area contributed by atoms with E-state index < -0.39 is 0 Å². The topological polar surface area (TPSA) is 72.4 Å². The largest absolute Gasteiger partial charge is 0.328 e. The van der Waals surface area contributed by atoms with E-state index in [2.05, 4.69) is 27.8 Å². The third-order valence-electron chi connectivity index (χ3n) is 4.02. The van der Waals surface area contributed by atoms with E-state index in [1.807, 2.05) is 6.07 Å². The maximum Gasteiger partial charge on any atom is 0.283 e. The van der Waals surface area contributed by atoms with E-state index in [0.717, 1.165) is 38.0 Å². The smallest absolute Gasteiger partial charge is 0.283 e. The zero-order valence-corrected chi connectivity index (χ0v) is 13.2. The molecule has 20 heavy (non-hydrogen) atoms. The SMILES string of the molecule is CC(N)C1CCN(Cc2cccc([N+](=O)[O-])c2Br)CC1. The average Bonchev–Trinajstić information content (AvgIpc) is 2.41. The van der Waals surface area contributed by atoms with Crippen LogP contribution in [0.4, 0.5) is 5.69 Å². The van der Waals surface area contributed by atoms with Gasteiger partial charge >= 0.3 is 0 Å². The second-order valence-electron chi connectivity index (χ2n) is 5.48. The Morgan fingerprint density at radius 2 is 2.15 bits per heavy atom. The molecule has 0 bridgehead atoms. The van der Waals surface area contributed by atoms with Gasteiger partial charge in [-0.3, -0.25) is 15.0 Å². The van der Waals surface area contributed by atoms with Crippen LogP contribution >= 0.6 is 15.9 Å². The molecule has 2 rings (SSSR count). The van der Waals surface area contributed by atoms with Crippen molar-refractivity contribution in [3.63, 3.8) is 0 Å². The molecular weight excluding hydrogens is 322 g/mol. The summed E-state index contributed by atoms with van der Waals surface area (Å²) in [6.45, 7) is 4.81. The predicted octanol–water partition coefficient (Wildman–Crippen LogP) is 2.92. The van der Waals surface area contributed by atoms with Crippen molar-refractivity contribution in [2.24, 2.45) is 11.7 Å². The molecule has 1 atom stereocenters. The van der Waals surface area contributed by atoms with Crippen molar-refractivity contribution in [1.82, 2.24) is 4.90 Å². The molecule has 1 heterocycles. The number of benzene rings is 1. The number of nitrogens with two attached hydrogens (primary N) is 1. The first-order valence-electron chi connectivity index (χ1n) is 6.88. The Morgan fingerprint density at radius 1 is 1.50 bits per heavy atom. The lowest BCUT2D eigenvalue weighted by Gasteiger charge is -2.33. The Bertz CT molecular complexity index is 485. The van der Waals surface area contributed by atoms with Crippen molar-refractivity contribution in [2.45, 2.75) is 32.4 Å². The molecule has 1 aromatic carbocycles. The molecule has 0 radical (unpaired) electrons. The third kappa shape index (κ3) is 3.56. The van der Waals surface area contributed by atoms with E-state index in [4.69, 9.17) is 5.73 Å². The summed E-state index contributed by atoms with van der Waals surface area (Å²) < 4.78 is 0.597. The van der Waals surface area contributed by atoms with Crippen molar-refractivity contribution < 1.29 is 4.92 Å². The van der Waals surface area contributed by atoms with Gasteiger partial charge < -0.3 is 5.73 Å². The maximum absolute atomic E-state index is 10.9. The summed E-state index contributed by atoms with van der Waals surface area (Å²) in [7, 11) is 0. The second kappa shape index (κ2) is 6.65. The zero-order chi connectivity index (χ0) is 14.7. The Morgan fingerprint density at radius 3 is 2.70 bits per heavy atom. The Kier molecular flexibility index (Phi) is 5.12. The number of likely N-dealkylation sites (tertiary alicyclic amines) is 1. The molecular formula is C14H20BrN3O2. The summed E-state index contributed by atoms with van der Waals surface area (Å²) in [4.78, 5) is 12.9. The van der Waals surface area contributed by atoms with Crippen LogP contribution in [-0.2, 0) is 6.54 Å². The summed E-state index contributed by atoms with van der Waals surface area (Å²) in [5.41, 5.74) is 7.04. The molecule has 110 valence electrons. The Labute approximate surface area is 127 Å². The molecule has 1 aliphatic heterocycles. The first kappa shape index (κ1) is 15.4. The monoisotopic (exact) mass is 341 g/mol. The van der Waals surface area contributed by atoms with Crippen molar-refractivity contribution in [2.75, 3.05) is 13.1 Å². The number of halogens is 1. The van der Waals surface area contributed by atoms with Crippen LogP contribution in [0, 0.1) is 16.0 Å². The summed E-state index contributed by atoms with van der Waals surface area (Å²) in [5, 5.41) is 10.9. The number of nitrogens with zero attached hydrogens (tertiary/aromatic N) is 2. The molecule has 0 spiro atoms. The minimum absolute atomic E-state index is 0.132. The number of rotatable bonds is 4. The van der Waals surface area contributed by atoms with Crippen LogP contribution in [-0.4, -0.2) is 29.0 Å². The zero-order valence-electron chi connectivity index (χ0n) is 11.6. The van der Waals surface area contributed by atoms with E-state index in [9.17, 15) is 10.1 Å². The van der Waals surface area contributed by atoms with Crippen molar-refractivity contribution in [1.29, 1.82) is 0 Å². The number of hydrogen-bond donors (Lipinski definition) is 1. The highest BCUT2D eigenvalue weighted by molar-refractivity contribution is 9.10. The number of nitro benzene ring substituents is 1. The maximum atomic E-state index is 10.9. The van der Waals surface area contributed by atoms with Gasteiger partial charge in [0.25, 0.3) is 5.69 Å². The molecule has 2 N–H and O–H groups in total. The van der Waals surface area contributed by atoms with Crippen LogP contribution in [0.2, 0.25) is 0 Å². The molecule has 6 heteroatoms. The van der Waals surface area contributed by atoms with Crippen molar-refractivity contribution in [3.8, 4) is 0 Å². The van der Waals surface area contributed by atoms with E-state index in [1.165, 1.54) is 6.07 Å². The first-order valence-corrected chi connectivity index (χ1v) is 7.68. The predicted molar refractivity (Wildman–Crippen MR) is 82.4 cm³/mol. The summed E-state index contributed by atoms with van der Waals surface area (Å²) in [5.74, 6) is 0.597. The lowest BCUT2D eigenvalue weighted by atomic mass is 9.91. The molecule has 0 amide bonds. The molecule has 1 fully saturated rings. The normalized spacial score (nSPS) is 18.9. The molecule has 0 saturated carbocycles. The Balaban J connectivity index is 2.01. The van der Waals surface area contributed by atoms with Crippen LogP contribution in [0.3, 0.4) is 0 Å². The van der Waals surface area contributed by atoms with Crippen LogP contribution in [0.1, 0.15) is 25.3 Å². The fourth-order valence-electron chi connectivity index (χ4n) is 2.71. The molecule has 1 aliphatic rings. The van der Waals surface area contributed by atoms with Gasteiger partial charge in [0.2, 0.25) is 0 Å². The van der Waals surface area contributed by atoms with E-state index in [0.29, 0.717) is 10.4 Å². The van der Waals surface area contributed by atoms with Crippen LogP contribution in [0.25, 0.3) is 0 Å². The minimum Gasteiger partial charge on any atom is -0.328 e. The van der Waals surface area contributed by atoms with Gasteiger partial charge in [-0.05, 0) is 60.3 Å². The number of nitro groups is 1. The fourth-order valence-corrected chi connectivity index (χ4v) is 3.24. The molecule has 1 unspecified atom stereocenters. The second-order valence-corrected chi connectivity index (χ2v) is 6.27. The van der Waals surface area contributed by atoms with Crippen LogP contribution < -0.4 is 5.73 Å².